The van der Waals surface area contributed by atoms with Crippen LogP contribution in [0.5, 0.6) is 5.75 Å². The first kappa shape index (κ1) is 15.4. The Labute approximate surface area is 134 Å². The molecule has 7 heteroatoms. The van der Waals surface area contributed by atoms with Crippen molar-refractivity contribution in [1.29, 1.82) is 0 Å². The van der Waals surface area contributed by atoms with Gasteiger partial charge in [0.05, 0.1) is 18.5 Å². The fraction of sp³-hybridized carbons (Fsp3) is 0.188. The number of carbonyl (C=O) groups excluding carboxylic acids is 1. The predicted octanol–water partition coefficient (Wildman–Crippen LogP) is 1.85. The molecule has 0 radical (unpaired) electrons. The van der Waals surface area contributed by atoms with Gasteiger partial charge in [-0.1, -0.05) is 30.3 Å². The molecule has 0 fully saturated rings. The van der Waals surface area contributed by atoms with Crippen molar-refractivity contribution in [3.63, 3.8) is 0 Å². The van der Waals surface area contributed by atoms with Crippen LogP contribution in [-0.4, -0.2) is 33.2 Å². The highest BCUT2D eigenvalue weighted by Gasteiger charge is 2.34. The zero-order valence-electron chi connectivity index (χ0n) is 12.5. The van der Waals surface area contributed by atoms with Crippen LogP contribution >= 0.6 is 0 Å². The topological polar surface area (TPSA) is 75.7 Å². The zero-order valence-corrected chi connectivity index (χ0v) is 13.3. The van der Waals surface area contributed by atoms with Gasteiger partial charge < -0.3 is 10.1 Å². The first-order chi connectivity index (χ1) is 10.9. The minimum atomic E-state index is -3.51. The largest absolute Gasteiger partial charge is 0.476 e. The average Bonchev–Trinajstić information content (AvgIpc) is 2.54. The van der Waals surface area contributed by atoms with Gasteiger partial charge in [0.1, 0.15) is 5.75 Å². The molecular formula is C16H16N2O4S. The number of rotatable bonds is 3. The Hall–Kier alpha value is -2.54. The molecule has 1 N–H and O–H groups in total. The maximum absolute atomic E-state index is 12.4. The van der Waals surface area contributed by atoms with E-state index in [2.05, 4.69) is 5.32 Å². The molecule has 2 aromatic rings. The summed E-state index contributed by atoms with van der Waals surface area (Å²) in [6, 6.07) is 15.7. The van der Waals surface area contributed by atoms with Gasteiger partial charge >= 0.3 is 0 Å². The summed E-state index contributed by atoms with van der Waals surface area (Å²) in [7, 11) is -3.51. The lowest BCUT2D eigenvalue weighted by Gasteiger charge is -2.33. The van der Waals surface area contributed by atoms with Crippen molar-refractivity contribution in [3.8, 4) is 5.75 Å². The van der Waals surface area contributed by atoms with Crippen molar-refractivity contribution >= 4 is 27.3 Å². The lowest BCUT2D eigenvalue weighted by Crippen LogP contribution is -2.48. The van der Waals surface area contributed by atoms with E-state index in [4.69, 9.17) is 4.74 Å². The molecule has 0 bridgehead atoms. The first-order valence-electron chi connectivity index (χ1n) is 7.04. The molecule has 3 rings (SSSR count). The number of benzene rings is 2. The van der Waals surface area contributed by atoms with E-state index in [0.29, 0.717) is 17.1 Å². The van der Waals surface area contributed by atoms with Gasteiger partial charge in [0.25, 0.3) is 5.91 Å². The Morgan fingerprint density at radius 3 is 2.48 bits per heavy atom. The third-order valence-electron chi connectivity index (χ3n) is 3.47. The summed E-state index contributed by atoms with van der Waals surface area (Å²) in [6.07, 6.45) is 0.196. The number of ether oxygens (including phenoxy) is 1. The molecule has 2 aromatic carbocycles. The number of nitrogens with one attached hydrogen (secondary N) is 1. The minimum Gasteiger partial charge on any atom is -0.476 e. The second-order valence-electron chi connectivity index (χ2n) is 5.22. The normalized spacial score (nSPS) is 17.1. The maximum atomic E-state index is 12.4. The SMILES string of the molecule is CS(=O)(=O)N1CC(C(=O)Nc2ccccc2)Oc2ccccc21. The summed E-state index contributed by atoms with van der Waals surface area (Å²) >= 11 is 0. The van der Waals surface area contributed by atoms with Crippen LogP contribution in [-0.2, 0) is 14.8 Å². The van der Waals surface area contributed by atoms with Crippen LogP contribution in [0.15, 0.2) is 54.6 Å². The van der Waals surface area contributed by atoms with Crippen LogP contribution in [0.3, 0.4) is 0 Å². The molecule has 1 aliphatic rings. The van der Waals surface area contributed by atoms with Crippen LogP contribution in [0.4, 0.5) is 11.4 Å². The molecule has 120 valence electrons. The fourth-order valence-corrected chi connectivity index (χ4v) is 3.31. The third-order valence-corrected chi connectivity index (χ3v) is 4.62. The fourth-order valence-electron chi connectivity index (χ4n) is 2.40. The van der Waals surface area contributed by atoms with Crippen LogP contribution in [0.25, 0.3) is 0 Å². The molecule has 1 aliphatic heterocycles. The Morgan fingerprint density at radius 2 is 1.78 bits per heavy atom. The van der Waals surface area contributed by atoms with Crippen LogP contribution in [0.1, 0.15) is 0 Å². The molecule has 0 aliphatic carbocycles. The number of nitrogens with zero attached hydrogens (tertiary/aromatic N) is 1. The number of sulfonamides is 1. The van der Waals surface area contributed by atoms with Crippen molar-refractivity contribution in [2.24, 2.45) is 0 Å². The number of amides is 1. The van der Waals surface area contributed by atoms with E-state index in [-0.39, 0.29) is 12.5 Å². The number of hydrogen-bond donors (Lipinski definition) is 1. The lowest BCUT2D eigenvalue weighted by molar-refractivity contribution is -0.122. The monoisotopic (exact) mass is 332 g/mol. The molecule has 1 heterocycles. The van der Waals surface area contributed by atoms with Crippen molar-refractivity contribution in [2.75, 3.05) is 22.4 Å². The number of anilines is 2. The molecule has 23 heavy (non-hydrogen) atoms. The highest BCUT2D eigenvalue weighted by molar-refractivity contribution is 7.92. The molecule has 0 spiro atoms. The number of carbonyl (C=O) groups is 1. The molecular weight excluding hydrogens is 316 g/mol. The van der Waals surface area contributed by atoms with Crippen molar-refractivity contribution in [3.05, 3.63) is 54.6 Å². The van der Waals surface area contributed by atoms with Crippen molar-refractivity contribution in [2.45, 2.75) is 6.10 Å². The minimum absolute atomic E-state index is 0.0610. The van der Waals surface area contributed by atoms with E-state index in [0.717, 1.165) is 6.26 Å². The Morgan fingerprint density at radius 1 is 1.13 bits per heavy atom. The molecule has 0 saturated carbocycles. The van der Waals surface area contributed by atoms with Gasteiger partial charge in [0.15, 0.2) is 6.10 Å². The molecule has 0 aromatic heterocycles. The summed E-state index contributed by atoms with van der Waals surface area (Å²) < 4.78 is 30.9. The summed E-state index contributed by atoms with van der Waals surface area (Å²) in [5.41, 5.74) is 1.07. The predicted molar refractivity (Wildman–Crippen MR) is 88.1 cm³/mol. The summed E-state index contributed by atoms with van der Waals surface area (Å²) in [5.74, 6) is -0.0169. The first-order valence-corrected chi connectivity index (χ1v) is 8.89. The van der Waals surface area contributed by atoms with Gasteiger partial charge in [0.2, 0.25) is 10.0 Å². The molecule has 1 atom stereocenters. The summed E-state index contributed by atoms with van der Waals surface area (Å²) in [4.78, 5) is 12.4. The molecule has 1 amide bonds. The standard InChI is InChI=1S/C16H16N2O4S/c1-23(20,21)18-11-15(22-14-10-6-5-9-13(14)18)16(19)17-12-7-3-2-4-8-12/h2-10,15H,11H2,1H3,(H,17,19). The van der Waals surface area contributed by atoms with Crippen LogP contribution in [0.2, 0.25) is 0 Å². The molecule has 6 nitrogen and oxygen atoms in total. The van der Waals surface area contributed by atoms with E-state index in [1.165, 1.54) is 4.31 Å². The number of fused-ring (bicyclic) bond motifs is 1. The Kier molecular flexibility index (Phi) is 3.96. The second-order valence-corrected chi connectivity index (χ2v) is 7.13. The van der Waals surface area contributed by atoms with Crippen LogP contribution in [0, 0.1) is 0 Å². The summed E-state index contributed by atoms with van der Waals surface area (Å²) in [5, 5.41) is 2.73. The molecule has 1 unspecified atom stereocenters. The zero-order chi connectivity index (χ0) is 16.4. The Balaban J connectivity index is 1.87. The summed E-state index contributed by atoms with van der Waals surface area (Å²) in [6.45, 7) is -0.0610. The maximum Gasteiger partial charge on any atom is 0.267 e. The van der Waals surface area contributed by atoms with Gasteiger partial charge in [-0.2, -0.15) is 0 Å². The Bertz CT molecular complexity index is 821. The quantitative estimate of drug-likeness (QED) is 0.931. The number of hydrogen-bond acceptors (Lipinski definition) is 4. The van der Waals surface area contributed by atoms with Gasteiger partial charge in [-0.15, -0.1) is 0 Å². The second kappa shape index (κ2) is 5.92. The third kappa shape index (κ3) is 3.29. The van der Waals surface area contributed by atoms with E-state index >= 15 is 0 Å². The van der Waals surface area contributed by atoms with E-state index in [1.807, 2.05) is 6.07 Å². The van der Waals surface area contributed by atoms with E-state index in [1.54, 1.807) is 48.5 Å². The highest BCUT2D eigenvalue weighted by Crippen LogP contribution is 2.34. The highest BCUT2D eigenvalue weighted by atomic mass is 32.2. The van der Waals surface area contributed by atoms with E-state index < -0.39 is 16.1 Å². The number of para-hydroxylation sites is 3. The van der Waals surface area contributed by atoms with Gasteiger partial charge in [-0.25, -0.2) is 8.42 Å². The van der Waals surface area contributed by atoms with Gasteiger partial charge in [-0.05, 0) is 24.3 Å². The van der Waals surface area contributed by atoms with Crippen molar-refractivity contribution < 1.29 is 17.9 Å². The lowest BCUT2D eigenvalue weighted by atomic mass is 10.2. The average molecular weight is 332 g/mol. The van der Waals surface area contributed by atoms with Crippen molar-refractivity contribution in [1.82, 2.24) is 0 Å². The van der Waals surface area contributed by atoms with Crippen LogP contribution < -0.4 is 14.4 Å². The van der Waals surface area contributed by atoms with Gasteiger partial charge in [0, 0.05) is 5.69 Å². The van der Waals surface area contributed by atoms with E-state index in [9.17, 15) is 13.2 Å². The smallest absolute Gasteiger partial charge is 0.267 e. The van der Waals surface area contributed by atoms with Gasteiger partial charge in [-0.3, -0.25) is 9.10 Å². The molecule has 0 saturated heterocycles.